The number of H-pyrrole nitrogens is 1. The first-order valence-corrected chi connectivity index (χ1v) is 10.8. The minimum absolute atomic E-state index is 0.197. The van der Waals surface area contributed by atoms with E-state index in [1.54, 1.807) is 0 Å². The zero-order valence-corrected chi connectivity index (χ0v) is 17.2. The third-order valence-corrected chi connectivity index (χ3v) is 6.18. The lowest BCUT2D eigenvalue weighted by molar-refractivity contribution is 0.587. The van der Waals surface area contributed by atoms with E-state index in [4.69, 9.17) is 10.2 Å². The highest BCUT2D eigenvalue weighted by molar-refractivity contribution is 5.97. The zero-order chi connectivity index (χ0) is 20.8. The molecule has 158 valence electrons. The summed E-state index contributed by atoms with van der Waals surface area (Å²) in [6.45, 7) is 3.94. The Kier molecular flexibility index (Phi) is 4.54. The van der Waals surface area contributed by atoms with E-state index in [1.165, 1.54) is 11.1 Å². The molecule has 7 N–H and O–H groups in total. The fourth-order valence-corrected chi connectivity index (χ4v) is 4.56. The molecule has 2 fully saturated rings. The normalized spacial score (nSPS) is 18.3. The molecule has 2 saturated heterocycles. The highest BCUT2D eigenvalue weighted by Crippen LogP contribution is 2.30. The molecule has 0 aliphatic carbocycles. The number of rotatable bonds is 4. The number of hydrogen-bond donors (Lipinski definition) is 6. The smallest absolute Gasteiger partial charge is 0.134 e. The zero-order valence-electron chi connectivity index (χ0n) is 17.2. The van der Waals surface area contributed by atoms with E-state index < -0.39 is 0 Å². The SMILES string of the molecule is Nc1c(/C=C/c2cc3cc(C4NCCN4)ccc3o2)[nH]c2cc(C3NCCN3)ccc12. The van der Waals surface area contributed by atoms with Gasteiger partial charge in [0.05, 0.1) is 23.7 Å². The number of nitrogens with one attached hydrogen (secondary N) is 5. The van der Waals surface area contributed by atoms with Gasteiger partial charge in [0.2, 0.25) is 0 Å². The number of aromatic amines is 1. The van der Waals surface area contributed by atoms with Gasteiger partial charge in [-0.25, -0.2) is 0 Å². The summed E-state index contributed by atoms with van der Waals surface area (Å²) < 4.78 is 6.01. The molecule has 0 radical (unpaired) electrons. The average molecular weight is 415 g/mol. The van der Waals surface area contributed by atoms with Crippen LogP contribution >= 0.6 is 0 Å². The summed E-state index contributed by atoms with van der Waals surface area (Å²) in [6, 6.07) is 14.8. The van der Waals surface area contributed by atoms with E-state index in [1.807, 2.05) is 18.2 Å². The first-order valence-electron chi connectivity index (χ1n) is 10.8. The number of benzene rings is 2. The predicted molar refractivity (Wildman–Crippen MR) is 125 cm³/mol. The highest BCUT2D eigenvalue weighted by atomic mass is 16.3. The van der Waals surface area contributed by atoms with E-state index in [-0.39, 0.29) is 12.3 Å². The summed E-state index contributed by atoms with van der Waals surface area (Å²) in [5.41, 5.74) is 12.4. The first-order chi connectivity index (χ1) is 15.2. The lowest BCUT2D eigenvalue weighted by atomic mass is 10.1. The number of aromatic nitrogens is 1. The Bertz CT molecular complexity index is 1270. The summed E-state index contributed by atoms with van der Waals surface area (Å²) >= 11 is 0. The van der Waals surface area contributed by atoms with Crippen LogP contribution in [0.5, 0.6) is 0 Å². The Morgan fingerprint density at radius 1 is 0.806 bits per heavy atom. The minimum Gasteiger partial charge on any atom is -0.457 e. The van der Waals surface area contributed by atoms with Gasteiger partial charge >= 0.3 is 0 Å². The average Bonchev–Trinajstić information content (AvgIpc) is 3.59. The van der Waals surface area contributed by atoms with E-state index in [2.05, 4.69) is 62.6 Å². The fraction of sp³-hybridized carbons (Fsp3) is 0.250. The second-order valence-electron chi connectivity index (χ2n) is 8.22. The van der Waals surface area contributed by atoms with Crippen LogP contribution in [0.2, 0.25) is 0 Å². The van der Waals surface area contributed by atoms with Gasteiger partial charge < -0.3 is 15.1 Å². The first kappa shape index (κ1) is 18.7. The van der Waals surface area contributed by atoms with Gasteiger partial charge in [0.25, 0.3) is 0 Å². The maximum Gasteiger partial charge on any atom is 0.134 e. The maximum atomic E-state index is 6.41. The molecule has 0 saturated carbocycles. The van der Waals surface area contributed by atoms with Gasteiger partial charge in [0, 0.05) is 42.5 Å². The van der Waals surface area contributed by atoms with Gasteiger partial charge in [0.1, 0.15) is 11.3 Å². The van der Waals surface area contributed by atoms with Crippen LogP contribution in [0.25, 0.3) is 34.0 Å². The Morgan fingerprint density at radius 2 is 1.48 bits per heavy atom. The van der Waals surface area contributed by atoms with Gasteiger partial charge in [-0.3, -0.25) is 21.3 Å². The Morgan fingerprint density at radius 3 is 2.23 bits per heavy atom. The molecule has 0 atom stereocenters. The Balaban J connectivity index is 1.28. The van der Waals surface area contributed by atoms with Gasteiger partial charge in [0.15, 0.2) is 0 Å². The summed E-state index contributed by atoms with van der Waals surface area (Å²) in [7, 11) is 0. The summed E-state index contributed by atoms with van der Waals surface area (Å²) in [4.78, 5) is 3.45. The number of hydrogen-bond acceptors (Lipinski definition) is 6. The van der Waals surface area contributed by atoms with Crippen LogP contribution in [0.1, 0.15) is 34.9 Å². The molecule has 2 aliphatic rings. The molecule has 0 unspecified atom stereocenters. The molecule has 2 aromatic heterocycles. The summed E-state index contributed by atoms with van der Waals surface area (Å²) in [5, 5.41) is 15.9. The van der Waals surface area contributed by atoms with Crippen molar-refractivity contribution in [2.45, 2.75) is 12.3 Å². The summed E-state index contributed by atoms with van der Waals surface area (Å²) in [5.74, 6) is 0.803. The third kappa shape index (κ3) is 3.41. The molecule has 7 nitrogen and oxygen atoms in total. The molecule has 0 spiro atoms. The van der Waals surface area contributed by atoms with Crippen LogP contribution in [-0.2, 0) is 0 Å². The topological polar surface area (TPSA) is 103 Å². The van der Waals surface area contributed by atoms with E-state index in [0.29, 0.717) is 0 Å². The second kappa shape index (κ2) is 7.55. The largest absolute Gasteiger partial charge is 0.457 e. The number of anilines is 1. The van der Waals surface area contributed by atoms with Crippen molar-refractivity contribution in [2.24, 2.45) is 0 Å². The van der Waals surface area contributed by atoms with Crippen LogP contribution < -0.4 is 27.0 Å². The Hall–Kier alpha value is -3.10. The number of fused-ring (bicyclic) bond motifs is 2. The van der Waals surface area contributed by atoms with Gasteiger partial charge in [-0.15, -0.1) is 0 Å². The van der Waals surface area contributed by atoms with Crippen molar-refractivity contribution >= 4 is 39.7 Å². The molecule has 4 heterocycles. The lowest BCUT2D eigenvalue weighted by Gasteiger charge is -2.10. The monoisotopic (exact) mass is 414 g/mol. The van der Waals surface area contributed by atoms with E-state index in [0.717, 1.165) is 65.2 Å². The van der Waals surface area contributed by atoms with Gasteiger partial charge in [-0.05, 0) is 47.5 Å². The number of nitrogens with two attached hydrogens (primary N) is 1. The Labute approximate surface area is 180 Å². The van der Waals surface area contributed by atoms with E-state index in [9.17, 15) is 0 Å². The van der Waals surface area contributed by atoms with Crippen LogP contribution in [0.15, 0.2) is 46.9 Å². The van der Waals surface area contributed by atoms with Crippen molar-refractivity contribution in [3.05, 3.63) is 65.0 Å². The fourth-order valence-electron chi connectivity index (χ4n) is 4.56. The molecule has 31 heavy (non-hydrogen) atoms. The number of furan rings is 1. The molecule has 2 aliphatic heterocycles. The van der Waals surface area contributed by atoms with Crippen molar-refractivity contribution < 1.29 is 4.42 Å². The maximum absolute atomic E-state index is 6.41. The van der Waals surface area contributed by atoms with Crippen molar-refractivity contribution in [2.75, 3.05) is 31.9 Å². The van der Waals surface area contributed by atoms with Crippen molar-refractivity contribution in [3.63, 3.8) is 0 Å². The molecule has 0 amide bonds. The molecule has 4 aromatic rings. The highest BCUT2D eigenvalue weighted by Gasteiger charge is 2.17. The molecule has 7 heteroatoms. The molecule has 2 aromatic carbocycles. The van der Waals surface area contributed by atoms with Gasteiger partial charge in [-0.1, -0.05) is 18.2 Å². The quantitative estimate of drug-likeness (QED) is 0.307. The van der Waals surface area contributed by atoms with Crippen molar-refractivity contribution in [1.29, 1.82) is 0 Å². The predicted octanol–water partition coefficient (Wildman–Crippen LogP) is 3.05. The van der Waals surface area contributed by atoms with Crippen LogP contribution in [-0.4, -0.2) is 31.2 Å². The van der Waals surface area contributed by atoms with Crippen LogP contribution in [0.3, 0.4) is 0 Å². The van der Waals surface area contributed by atoms with Crippen molar-refractivity contribution in [1.82, 2.24) is 26.3 Å². The molecule has 6 rings (SSSR count). The van der Waals surface area contributed by atoms with Gasteiger partial charge in [-0.2, -0.15) is 0 Å². The van der Waals surface area contributed by atoms with Crippen LogP contribution in [0.4, 0.5) is 5.69 Å². The number of nitrogen functional groups attached to an aromatic ring is 1. The standard InChI is InChI=1S/C24H26N6O/c25-22-18-4-1-15(24-28-9-10-29-24)13-20(18)30-19(22)5-3-17-12-16-11-14(2-6-21(16)31-17)23-26-7-8-27-23/h1-6,11-13,23-24,26-30H,7-10,25H2/b5-3+. The molecular formula is C24H26N6O. The third-order valence-electron chi connectivity index (χ3n) is 6.18. The lowest BCUT2D eigenvalue weighted by Crippen LogP contribution is -2.20. The van der Waals surface area contributed by atoms with Crippen LogP contribution in [0, 0.1) is 0 Å². The van der Waals surface area contributed by atoms with Crippen molar-refractivity contribution in [3.8, 4) is 0 Å². The second-order valence-corrected chi connectivity index (χ2v) is 8.22. The minimum atomic E-state index is 0.197. The summed E-state index contributed by atoms with van der Waals surface area (Å²) in [6.07, 6.45) is 4.36. The molecule has 0 bridgehead atoms. The molecular weight excluding hydrogens is 388 g/mol. The van der Waals surface area contributed by atoms with E-state index >= 15 is 0 Å².